The number of aryl methyl sites for hydroxylation is 2. The molecular weight excluding hydrogens is 382 g/mol. The molecule has 0 spiro atoms. The fourth-order valence-electron chi connectivity index (χ4n) is 3.38. The summed E-state index contributed by atoms with van der Waals surface area (Å²) in [7, 11) is 0. The lowest BCUT2D eigenvalue weighted by atomic mass is 9.99. The molecule has 1 unspecified atom stereocenters. The smallest absolute Gasteiger partial charge is 0.163 e. The van der Waals surface area contributed by atoms with E-state index in [1.54, 1.807) is 11.3 Å². The van der Waals surface area contributed by atoms with Crippen molar-refractivity contribution in [1.29, 1.82) is 0 Å². The van der Waals surface area contributed by atoms with Crippen molar-refractivity contribution >= 4 is 28.6 Å². The molecule has 27 heavy (non-hydrogen) atoms. The number of nitrogens with two attached hydrogens (primary N) is 1. The number of halogens is 1. The normalized spacial score (nSPS) is 17.1. The number of aliphatic hydroxyl groups excluding tert-OH is 1. The minimum atomic E-state index is -0.991. The van der Waals surface area contributed by atoms with Crippen molar-refractivity contribution < 1.29 is 5.11 Å². The van der Waals surface area contributed by atoms with E-state index in [-0.39, 0.29) is 6.42 Å². The average molecular weight is 402 g/mol. The molecule has 1 aliphatic heterocycles. The standard InChI is InChI=1S/C19H20ClN5OS/c1-9-10(2)27-19-16(9)17(12-4-6-13(20)7-5-12)22-14(8-15(21)26)18-24-23-11(3)25(18)19/h4-7,14-15,26H,8,21H2,1-3H3/t14-,15?/m0/s1. The summed E-state index contributed by atoms with van der Waals surface area (Å²) in [6, 6.07) is 7.25. The maximum Gasteiger partial charge on any atom is 0.163 e. The van der Waals surface area contributed by atoms with Crippen molar-refractivity contribution in [3.05, 3.63) is 62.5 Å². The molecule has 0 saturated heterocycles. The van der Waals surface area contributed by atoms with Gasteiger partial charge in [0.15, 0.2) is 5.82 Å². The van der Waals surface area contributed by atoms with Gasteiger partial charge in [-0.3, -0.25) is 9.56 Å². The van der Waals surface area contributed by atoms with Crippen molar-refractivity contribution in [2.45, 2.75) is 39.5 Å². The minimum Gasteiger partial charge on any atom is -0.379 e. The molecule has 0 radical (unpaired) electrons. The first-order valence-corrected chi connectivity index (χ1v) is 9.86. The zero-order valence-electron chi connectivity index (χ0n) is 15.3. The van der Waals surface area contributed by atoms with Gasteiger partial charge in [-0.05, 0) is 38.5 Å². The Hall–Kier alpha value is -2.06. The Balaban J connectivity index is 2.02. The predicted molar refractivity (Wildman–Crippen MR) is 108 cm³/mol. The largest absolute Gasteiger partial charge is 0.379 e. The van der Waals surface area contributed by atoms with E-state index in [0.29, 0.717) is 10.8 Å². The van der Waals surface area contributed by atoms with E-state index in [1.807, 2.05) is 35.8 Å². The number of nitrogens with zero attached hydrogens (tertiary/aromatic N) is 4. The fourth-order valence-corrected chi connectivity index (χ4v) is 4.72. The molecule has 2 atom stereocenters. The summed E-state index contributed by atoms with van der Waals surface area (Å²) in [5.74, 6) is 1.49. The van der Waals surface area contributed by atoms with Crippen molar-refractivity contribution in [1.82, 2.24) is 14.8 Å². The second-order valence-electron chi connectivity index (χ2n) is 6.71. The lowest BCUT2D eigenvalue weighted by Gasteiger charge is -2.14. The van der Waals surface area contributed by atoms with Crippen LogP contribution in [0.25, 0.3) is 5.00 Å². The summed E-state index contributed by atoms with van der Waals surface area (Å²) in [6.07, 6.45) is -0.725. The number of hydrogen-bond acceptors (Lipinski definition) is 6. The molecular formula is C19H20ClN5OS. The topological polar surface area (TPSA) is 89.3 Å². The molecule has 1 aromatic carbocycles. The third-order valence-electron chi connectivity index (χ3n) is 4.82. The molecule has 3 N–H and O–H groups in total. The number of rotatable bonds is 3. The first kappa shape index (κ1) is 18.3. The molecule has 3 aromatic rings. The summed E-state index contributed by atoms with van der Waals surface area (Å²) in [4.78, 5) is 6.22. The number of fused-ring (bicyclic) bond motifs is 3. The average Bonchev–Trinajstić information content (AvgIpc) is 3.08. The van der Waals surface area contributed by atoms with Gasteiger partial charge in [0.25, 0.3) is 0 Å². The molecule has 8 heteroatoms. The number of benzene rings is 1. The molecule has 3 heterocycles. The van der Waals surface area contributed by atoms with Crippen molar-refractivity contribution in [3.63, 3.8) is 0 Å². The molecule has 2 aromatic heterocycles. The van der Waals surface area contributed by atoms with Crippen LogP contribution >= 0.6 is 22.9 Å². The highest BCUT2D eigenvalue weighted by Crippen LogP contribution is 2.39. The van der Waals surface area contributed by atoms with Crippen LogP contribution in [0, 0.1) is 20.8 Å². The Labute approximate surface area is 166 Å². The van der Waals surface area contributed by atoms with Crippen LogP contribution in [0.3, 0.4) is 0 Å². The first-order valence-electron chi connectivity index (χ1n) is 8.67. The van der Waals surface area contributed by atoms with Crippen molar-refractivity contribution in [2.75, 3.05) is 0 Å². The van der Waals surface area contributed by atoms with Crippen LogP contribution in [0.5, 0.6) is 0 Å². The quantitative estimate of drug-likeness (QED) is 0.657. The van der Waals surface area contributed by atoms with E-state index in [2.05, 4.69) is 24.0 Å². The summed E-state index contributed by atoms with van der Waals surface area (Å²) < 4.78 is 2.04. The van der Waals surface area contributed by atoms with Crippen LogP contribution in [-0.4, -0.2) is 31.8 Å². The molecule has 0 fully saturated rings. The van der Waals surface area contributed by atoms with Gasteiger partial charge < -0.3 is 10.8 Å². The first-order chi connectivity index (χ1) is 12.9. The van der Waals surface area contributed by atoms with E-state index in [0.717, 1.165) is 27.7 Å². The Morgan fingerprint density at radius 3 is 2.59 bits per heavy atom. The fraction of sp³-hybridized carbons (Fsp3) is 0.316. The third-order valence-corrected chi connectivity index (χ3v) is 6.27. The Morgan fingerprint density at radius 1 is 1.22 bits per heavy atom. The van der Waals surface area contributed by atoms with Gasteiger partial charge in [0, 0.05) is 27.4 Å². The van der Waals surface area contributed by atoms with Gasteiger partial charge in [0.1, 0.15) is 23.1 Å². The monoisotopic (exact) mass is 401 g/mol. The summed E-state index contributed by atoms with van der Waals surface area (Å²) in [6.45, 7) is 6.13. The van der Waals surface area contributed by atoms with Crippen molar-refractivity contribution in [3.8, 4) is 5.00 Å². The summed E-state index contributed by atoms with van der Waals surface area (Å²) in [5, 5.41) is 20.2. The zero-order valence-corrected chi connectivity index (χ0v) is 16.8. The molecule has 0 aliphatic carbocycles. The van der Waals surface area contributed by atoms with Gasteiger partial charge in [-0.15, -0.1) is 21.5 Å². The number of thiophene rings is 1. The van der Waals surface area contributed by atoms with Crippen LogP contribution < -0.4 is 5.73 Å². The summed E-state index contributed by atoms with van der Waals surface area (Å²) >= 11 is 7.78. The number of aromatic nitrogens is 3. The highest BCUT2D eigenvalue weighted by Gasteiger charge is 2.31. The third kappa shape index (κ3) is 3.10. The zero-order chi connectivity index (χ0) is 19.3. The molecule has 0 saturated carbocycles. The maximum absolute atomic E-state index is 9.82. The molecule has 0 amide bonds. The molecule has 0 bridgehead atoms. The highest BCUT2D eigenvalue weighted by molar-refractivity contribution is 7.15. The SMILES string of the molecule is Cc1sc2c(c1C)C(c1ccc(Cl)cc1)=N[C@@H](CC(N)O)c1nnc(C)n1-2. The van der Waals surface area contributed by atoms with Crippen molar-refractivity contribution in [2.24, 2.45) is 10.7 Å². The van der Waals surface area contributed by atoms with E-state index < -0.39 is 12.3 Å². The van der Waals surface area contributed by atoms with Crippen LogP contribution in [0.1, 0.15) is 45.7 Å². The van der Waals surface area contributed by atoms with Gasteiger partial charge >= 0.3 is 0 Å². The van der Waals surface area contributed by atoms with Crippen LogP contribution in [0.15, 0.2) is 29.3 Å². The molecule has 6 nitrogen and oxygen atoms in total. The maximum atomic E-state index is 9.82. The van der Waals surface area contributed by atoms with Gasteiger partial charge in [-0.25, -0.2) is 0 Å². The van der Waals surface area contributed by atoms with Gasteiger partial charge in [-0.2, -0.15) is 0 Å². The Kier molecular flexibility index (Phi) is 4.63. The second kappa shape index (κ2) is 6.83. The number of aliphatic hydroxyl groups is 1. The van der Waals surface area contributed by atoms with E-state index in [4.69, 9.17) is 22.3 Å². The summed E-state index contributed by atoms with van der Waals surface area (Å²) in [5.41, 5.74) is 9.76. The minimum absolute atomic E-state index is 0.266. The van der Waals surface area contributed by atoms with E-state index >= 15 is 0 Å². The van der Waals surface area contributed by atoms with Crippen LogP contribution in [-0.2, 0) is 0 Å². The van der Waals surface area contributed by atoms with Gasteiger partial charge in [-0.1, -0.05) is 23.7 Å². The molecule has 140 valence electrons. The van der Waals surface area contributed by atoms with E-state index in [9.17, 15) is 5.11 Å². The van der Waals surface area contributed by atoms with Gasteiger partial charge in [0.2, 0.25) is 0 Å². The Bertz CT molecular complexity index is 1040. The predicted octanol–water partition coefficient (Wildman–Crippen LogP) is 3.47. The lowest BCUT2D eigenvalue weighted by Crippen LogP contribution is -2.22. The second-order valence-corrected chi connectivity index (χ2v) is 8.35. The van der Waals surface area contributed by atoms with E-state index in [1.165, 1.54) is 10.4 Å². The van der Waals surface area contributed by atoms with Crippen LogP contribution in [0.2, 0.25) is 5.02 Å². The van der Waals surface area contributed by atoms with Gasteiger partial charge in [0.05, 0.1) is 5.71 Å². The molecule has 4 rings (SSSR count). The molecule has 1 aliphatic rings. The van der Waals surface area contributed by atoms with Crippen LogP contribution in [0.4, 0.5) is 0 Å². The Morgan fingerprint density at radius 2 is 1.93 bits per heavy atom. The number of hydrogen-bond donors (Lipinski definition) is 2. The number of aliphatic imine (C=N–C) groups is 1. The lowest BCUT2D eigenvalue weighted by molar-refractivity contribution is 0.162. The highest BCUT2D eigenvalue weighted by atomic mass is 35.5.